The average Bonchev–Trinajstić information content (AvgIpc) is 2.35. The normalized spacial score (nSPS) is 11.4. The molecule has 1 unspecified atom stereocenters. The summed E-state index contributed by atoms with van der Waals surface area (Å²) in [6, 6.07) is 1.36. The largest absolute Gasteiger partial charge is 0.477 e. The number of primary amides is 1. The molecule has 1 heterocycles. The molecule has 0 aliphatic heterocycles. The minimum Gasteiger partial charge on any atom is -0.477 e. The third kappa shape index (κ3) is 4.62. The number of aromatic nitrogens is 1. The summed E-state index contributed by atoms with van der Waals surface area (Å²) in [4.78, 5) is 36.4. The number of pyridine rings is 1. The van der Waals surface area contributed by atoms with Gasteiger partial charge in [0, 0.05) is 12.7 Å². The van der Waals surface area contributed by atoms with Gasteiger partial charge in [-0.1, -0.05) is 6.07 Å². The molecule has 1 rings (SSSR count). The van der Waals surface area contributed by atoms with Crippen molar-refractivity contribution in [3.05, 3.63) is 29.6 Å². The lowest BCUT2D eigenvalue weighted by Gasteiger charge is -2.12. The molecule has 8 heteroatoms. The standard InChI is InChI=1S/C11H14N4O4/c1-6(15-11(12)19)9(16)14-5-7-2-3-8(10(17)18)13-4-7/h2-4,6H,5H2,1H3,(H,14,16)(H,17,18)(H3,12,15,19). The number of hydrogen-bond donors (Lipinski definition) is 4. The highest BCUT2D eigenvalue weighted by Gasteiger charge is 2.13. The molecule has 0 aliphatic rings. The fraction of sp³-hybridized carbons (Fsp3) is 0.273. The van der Waals surface area contributed by atoms with Crippen molar-refractivity contribution in [3.8, 4) is 0 Å². The van der Waals surface area contributed by atoms with Crippen LogP contribution in [0, 0.1) is 0 Å². The van der Waals surface area contributed by atoms with Crippen molar-refractivity contribution >= 4 is 17.9 Å². The van der Waals surface area contributed by atoms with Crippen molar-refractivity contribution in [1.29, 1.82) is 0 Å². The summed E-state index contributed by atoms with van der Waals surface area (Å²) in [6.07, 6.45) is 1.36. The highest BCUT2D eigenvalue weighted by atomic mass is 16.4. The van der Waals surface area contributed by atoms with E-state index in [0.717, 1.165) is 0 Å². The summed E-state index contributed by atoms with van der Waals surface area (Å²) < 4.78 is 0. The van der Waals surface area contributed by atoms with Crippen LogP contribution in [0.5, 0.6) is 0 Å². The number of nitrogens with two attached hydrogens (primary N) is 1. The lowest BCUT2D eigenvalue weighted by molar-refractivity contribution is -0.122. The molecule has 102 valence electrons. The Morgan fingerprint density at radius 3 is 2.58 bits per heavy atom. The first-order valence-electron chi connectivity index (χ1n) is 5.42. The number of carbonyl (C=O) groups is 3. The van der Waals surface area contributed by atoms with Gasteiger partial charge in [-0.05, 0) is 18.6 Å². The van der Waals surface area contributed by atoms with E-state index in [0.29, 0.717) is 5.56 Å². The number of nitrogens with zero attached hydrogens (tertiary/aromatic N) is 1. The molecule has 8 nitrogen and oxygen atoms in total. The fourth-order valence-corrected chi connectivity index (χ4v) is 1.28. The molecule has 1 aromatic rings. The molecule has 1 atom stereocenters. The van der Waals surface area contributed by atoms with Gasteiger partial charge in [0.2, 0.25) is 5.91 Å². The fourth-order valence-electron chi connectivity index (χ4n) is 1.28. The van der Waals surface area contributed by atoms with Crippen molar-refractivity contribution in [2.45, 2.75) is 19.5 Å². The third-order valence-corrected chi connectivity index (χ3v) is 2.26. The number of aromatic carboxylic acids is 1. The molecule has 5 N–H and O–H groups in total. The molecule has 0 saturated carbocycles. The second kappa shape index (κ2) is 6.34. The summed E-state index contributed by atoms with van der Waals surface area (Å²) >= 11 is 0. The lowest BCUT2D eigenvalue weighted by atomic mass is 10.2. The first-order chi connectivity index (χ1) is 8.90. The molecular weight excluding hydrogens is 252 g/mol. The molecule has 0 fully saturated rings. The number of carboxylic acid groups (broad SMARTS) is 1. The summed E-state index contributed by atoms with van der Waals surface area (Å²) in [5, 5.41) is 13.5. The lowest BCUT2D eigenvalue weighted by Crippen LogP contribution is -2.46. The zero-order valence-electron chi connectivity index (χ0n) is 10.2. The highest BCUT2D eigenvalue weighted by molar-refractivity contribution is 5.86. The van der Waals surface area contributed by atoms with E-state index in [1.165, 1.54) is 19.2 Å². The van der Waals surface area contributed by atoms with Crippen LogP contribution in [0.4, 0.5) is 4.79 Å². The maximum absolute atomic E-state index is 11.5. The summed E-state index contributed by atoms with van der Waals surface area (Å²) in [5.74, 6) is -1.52. The molecule has 0 aromatic carbocycles. The van der Waals surface area contributed by atoms with Crippen LogP contribution in [-0.4, -0.2) is 34.0 Å². The molecule has 1 aromatic heterocycles. The number of carboxylic acids is 1. The molecule has 0 saturated heterocycles. The van der Waals surface area contributed by atoms with E-state index < -0.39 is 23.9 Å². The maximum atomic E-state index is 11.5. The molecule has 0 bridgehead atoms. The van der Waals surface area contributed by atoms with E-state index in [4.69, 9.17) is 10.8 Å². The summed E-state index contributed by atoms with van der Waals surface area (Å²) in [6.45, 7) is 1.67. The Bertz CT molecular complexity index is 486. The Kier molecular flexibility index (Phi) is 4.81. The predicted octanol–water partition coefficient (Wildman–Crippen LogP) is -0.547. The van der Waals surface area contributed by atoms with E-state index in [1.807, 2.05) is 0 Å². The van der Waals surface area contributed by atoms with Crippen molar-refractivity contribution in [2.24, 2.45) is 5.73 Å². The van der Waals surface area contributed by atoms with E-state index >= 15 is 0 Å². The summed E-state index contributed by atoms with van der Waals surface area (Å²) in [7, 11) is 0. The van der Waals surface area contributed by atoms with Gasteiger partial charge in [0.25, 0.3) is 0 Å². The first kappa shape index (κ1) is 14.4. The Hall–Kier alpha value is -2.64. The van der Waals surface area contributed by atoms with E-state index in [1.54, 1.807) is 6.07 Å². The zero-order valence-corrected chi connectivity index (χ0v) is 10.2. The monoisotopic (exact) mass is 266 g/mol. The number of urea groups is 1. The Balaban J connectivity index is 2.50. The van der Waals surface area contributed by atoms with Crippen molar-refractivity contribution in [3.63, 3.8) is 0 Å². The quantitative estimate of drug-likeness (QED) is 0.567. The second-order valence-corrected chi connectivity index (χ2v) is 3.80. The molecule has 0 spiro atoms. The van der Waals surface area contributed by atoms with Gasteiger partial charge in [-0.2, -0.15) is 0 Å². The van der Waals surface area contributed by atoms with Crippen molar-refractivity contribution in [2.75, 3.05) is 0 Å². The number of amides is 3. The number of nitrogens with one attached hydrogen (secondary N) is 2. The van der Waals surface area contributed by atoms with Gasteiger partial charge in [-0.3, -0.25) is 4.79 Å². The zero-order chi connectivity index (χ0) is 14.4. The smallest absolute Gasteiger partial charge is 0.354 e. The van der Waals surface area contributed by atoms with Crippen LogP contribution in [-0.2, 0) is 11.3 Å². The van der Waals surface area contributed by atoms with Crippen LogP contribution < -0.4 is 16.4 Å². The molecular formula is C11H14N4O4. The topological polar surface area (TPSA) is 134 Å². The first-order valence-corrected chi connectivity index (χ1v) is 5.42. The van der Waals surface area contributed by atoms with Crippen molar-refractivity contribution < 1.29 is 19.5 Å². The Morgan fingerprint density at radius 2 is 2.11 bits per heavy atom. The van der Waals surface area contributed by atoms with E-state index in [-0.39, 0.29) is 12.2 Å². The predicted molar refractivity (Wildman–Crippen MR) is 65.2 cm³/mol. The average molecular weight is 266 g/mol. The molecule has 0 radical (unpaired) electrons. The second-order valence-electron chi connectivity index (χ2n) is 3.80. The van der Waals surface area contributed by atoms with Gasteiger partial charge >= 0.3 is 12.0 Å². The van der Waals surface area contributed by atoms with Crippen molar-refractivity contribution in [1.82, 2.24) is 15.6 Å². The molecule has 19 heavy (non-hydrogen) atoms. The minimum atomic E-state index is -1.12. The SMILES string of the molecule is CC(NC(N)=O)C(=O)NCc1ccc(C(=O)O)nc1. The number of rotatable bonds is 5. The molecule has 3 amide bonds. The van der Waals surface area contributed by atoms with Crippen LogP contribution in [0.2, 0.25) is 0 Å². The summed E-state index contributed by atoms with van der Waals surface area (Å²) in [5.41, 5.74) is 5.46. The highest BCUT2D eigenvalue weighted by Crippen LogP contribution is 2.00. The number of hydrogen-bond acceptors (Lipinski definition) is 4. The number of carbonyl (C=O) groups excluding carboxylic acids is 2. The minimum absolute atomic E-state index is 0.0705. The van der Waals surface area contributed by atoms with E-state index in [9.17, 15) is 14.4 Å². The van der Waals surface area contributed by atoms with Crippen LogP contribution in [0.3, 0.4) is 0 Å². The van der Waals surface area contributed by atoms with E-state index in [2.05, 4.69) is 15.6 Å². The van der Waals surface area contributed by atoms with Gasteiger partial charge in [-0.25, -0.2) is 14.6 Å². The van der Waals surface area contributed by atoms with Gasteiger partial charge in [-0.15, -0.1) is 0 Å². The Morgan fingerprint density at radius 1 is 1.42 bits per heavy atom. The van der Waals surface area contributed by atoms with Crippen LogP contribution >= 0.6 is 0 Å². The van der Waals surface area contributed by atoms with Gasteiger partial charge < -0.3 is 21.5 Å². The van der Waals surface area contributed by atoms with Gasteiger partial charge in [0.05, 0.1) is 0 Å². The van der Waals surface area contributed by atoms with Gasteiger partial charge in [0.1, 0.15) is 11.7 Å². The maximum Gasteiger partial charge on any atom is 0.354 e. The van der Waals surface area contributed by atoms with Gasteiger partial charge in [0.15, 0.2) is 0 Å². The van der Waals surface area contributed by atoms with Crippen LogP contribution in [0.1, 0.15) is 23.0 Å². The van der Waals surface area contributed by atoms with Crippen LogP contribution in [0.15, 0.2) is 18.3 Å². The third-order valence-electron chi connectivity index (χ3n) is 2.26. The molecule has 0 aliphatic carbocycles. The Labute approximate surface area is 109 Å². The van der Waals surface area contributed by atoms with Crippen LogP contribution in [0.25, 0.3) is 0 Å².